The van der Waals surface area contributed by atoms with Crippen molar-refractivity contribution in [3.8, 4) is 0 Å². The molecule has 0 saturated carbocycles. The van der Waals surface area contributed by atoms with Crippen molar-refractivity contribution >= 4 is 11.6 Å². The van der Waals surface area contributed by atoms with Gasteiger partial charge in [0.05, 0.1) is 11.1 Å². The molecule has 0 bridgehead atoms. The lowest BCUT2D eigenvalue weighted by molar-refractivity contribution is -0.288. The highest BCUT2D eigenvalue weighted by atomic mass is 19.4. The minimum Gasteiger partial charge on any atom is -0.369 e. The second kappa shape index (κ2) is 7.35. The van der Waals surface area contributed by atoms with Crippen LogP contribution in [0.15, 0.2) is 77.6 Å². The summed E-state index contributed by atoms with van der Waals surface area (Å²) in [5, 5.41) is 13.5. The van der Waals surface area contributed by atoms with Crippen molar-refractivity contribution in [3.05, 3.63) is 94.6 Å². The Morgan fingerprint density at radius 2 is 1.58 bits per heavy atom. The van der Waals surface area contributed by atoms with Gasteiger partial charge in [-0.3, -0.25) is 9.59 Å². The van der Waals surface area contributed by atoms with Crippen molar-refractivity contribution in [3.63, 3.8) is 0 Å². The highest BCUT2D eigenvalue weighted by molar-refractivity contribution is 6.15. The molecule has 2 aliphatic rings. The van der Waals surface area contributed by atoms with Gasteiger partial charge >= 0.3 is 6.18 Å². The predicted molar refractivity (Wildman–Crippen MR) is 102 cm³/mol. The largest absolute Gasteiger partial charge is 0.441 e. The Bertz CT molecular complexity index is 1110. The number of rotatable bonds is 4. The summed E-state index contributed by atoms with van der Waals surface area (Å²) in [6.45, 7) is -0.264. The molecule has 31 heavy (non-hydrogen) atoms. The van der Waals surface area contributed by atoms with Crippen LogP contribution < -0.4 is 5.32 Å². The van der Waals surface area contributed by atoms with Crippen LogP contribution in [0.3, 0.4) is 0 Å². The smallest absolute Gasteiger partial charge is 0.369 e. The van der Waals surface area contributed by atoms with Crippen LogP contribution >= 0.6 is 0 Å². The zero-order valence-electron chi connectivity index (χ0n) is 15.9. The molecule has 0 radical (unpaired) electrons. The molecule has 1 fully saturated rings. The van der Waals surface area contributed by atoms with Crippen molar-refractivity contribution in [1.29, 1.82) is 0 Å². The van der Waals surface area contributed by atoms with E-state index >= 15 is 0 Å². The van der Waals surface area contributed by atoms with E-state index in [0.29, 0.717) is 4.90 Å². The van der Waals surface area contributed by atoms with Crippen LogP contribution in [0, 0.1) is 5.82 Å². The molecule has 0 spiro atoms. The molecule has 0 amide bonds. The first-order valence-electron chi connectivity index (χ1n) is 9.31. The highest BCUT2D eigenvalue weighted by Gasteiger charge is 2.65. The first-order chi connectivity index (χ1) is 14.6. The number of aliphatic hydroxyl groups is 1. The number of allylic oxidation sites excluding steroid dienone is 2. The average molecular weight is 432 g/mol. The number of hydrogen-bond donors (Lipinski definition) is 2. The van der Waals surface area contributed by atoms with Gasteiger partial charge in [0.2, 0.25) is 0 Å². The van der Waals surface area contributed by atoms with Crippen LogP contribution in [0.2, 0.25) is 0 Å². The van der Waals surface area contributed by atoms with Crippen LogP contribution in [-0.4, -0.2) is 46.6 Å². The quantitative estimate of drug-likeness (QED) is 0.574. The first-order valence-corrected chi connectivity index (χ1v) is 9.31. The van der Waals surface area contributed by atoms with Crippen molar-refractivity contribution in [2.75, 3.05) is 13.1 Å². The molecule has 9 heteroatoms. The van der Waals surface area contributed by atoms with Crippen LogP contribution in [0.4, 0.5) is 17.6 Å². The fourth-order valence-electron chi connectivity index (χ4n) is 3.72. The molecule has 1 atom stereocenters. The van der Waals surface area contributed by atoms with E-state index in [-0.39, 0.29) is 35.6 Å². The summed E-state index contributed by atoms with van der Waals surface area (Å²) < 4.78 is 55.6. The number of carbonyl (C=O) groups is 2. The number of alkyl halides is 3. The predicted octanol–water partition coefficient (Wildman–Crippen LogP) is 3.20. The Balaban J connectivity index is 1.90. The summed E-state index contributed by atoms with van der Waals surface area (Å²) in [5.41, 5.74) is -4.87. The zero-order chi connectivity index (χ0) is 22.4. The van der Waals surface area contributed by atoms with E-state index < -0.39 is 34.9 Å². The molecule has 2 aliphatic heterocycles. The Morgan fingerprint density at radius 3 is 2.19 bits per heavy atom. The summed E-state index contributed by atoms with van der Waals surface area (Å²) >= 11 is 0. The molecule has 2 N–H and O–H groups in total. The summed E-state index contributed by atoms with van der Waals surface area (Å²) in [6, 6.07) is 11.7. The number of nitrogens with one attached hydrogen (secondary N) is 1. The molecule has 1 saturated heterocycles. The molecule has 0 aliphatic carbocycles. The van der Waals surface area contributed by atoms with Gasteiger partial charge in [-0.15, -0.1) is 0 Å². The monoisotopic (exact) mass is 432 g/mol. The summed E-state index contributed by atoms with van der Waals surface area (Å²) in [7, 11) is 0. The van der Waals surface area contributed by atoms with E-state index in [1.807, 2.05) is 0 Å². The van der Waals surface area contributed by atoms with Crippen molar-refractivity contribution < 1.29 is 32.3 Å². The van der Waals surface area contributed by atoms with E-state index in [2.05, 4.69) is 5.32 Å². The minimum atomic E-state index is -5.23. The van der Waals surface area contributed by atoms with Gasteiger partial charge in [0, 0.05) is 24.2 Å². The number of fused-ring (bicyclic) bond motifs is 1. The number of halogens is 4. The van der Waals surface area contributed by atoms with Crippen LogP contribution in [0.25, 0.3) is 0 Å². The first kappa shape index (κ1) is 20.8. The summed E-state index contributed by atoms with van der Waals surface area (Å²) in [6.07, 6.45) is -4.45. The highest BCUT2D eigenvalue weighted by Crippen LogP contribution is 2.46. The maximum Gasteiger partial charge on any atom is 0.441 e. The summed E-state index contributed by atoms with van der Waals surface area (Å²) in [5.74, 6) is -2.59. The molecule has 5 nitrogen and oxygen atoms in total. The third-order valence-electron chi connectivity index (χ3n) is 5.23. The van der Waals surface area contributed by atoms with Gasteiger partial charge in [-0.2, -0.15) is 13.2 Å². The number of hydrogen-bond acceptors (Lipinski definition) is 5. The van der Waals surface area contributed by atoms with E-state index in [0.717, 1.165) is 18.2 Å². The molecule has 1 unspecified atom stereocenters. The second-order valence-electron chi connectivity index (χ2n) is 7.10. The third-order valence-corrected chi connectivity index (χ3v) is 5.23. The van der Waals surface area contributed by atoms with E-state index in [9.17, 15) is 32.3 Å². The molecular weight excluding hydrogens is 416 g/mol. The van der Waals surface area contributed by atoms with Gasteiger partial charge in [0.1, 0.15) is 11.6 Å². The Labute approximate surface area is 174 Å². The van der Waals surface area contributed by atoms with Crippen molar-refractivity contribution in [2.45, 2.75) is 11.9 Å². The molecule has 0 aromatic heterocycles. The van der Waals surface area contributed by atoms with Crippen LogP contribution in [0.1, 0.15) is 20.7 Å². The van der Waals surface area contributed by atoms with Gasteiger partial charge in [-0.25, -0.2) is 4.39 Å². The van der Waals surface area contributed by atoms with Gasteiger partial charge in [-0.05, 0) is 30.3 Å². The van der Waals surface area contributed by atoms with Gasteiger partial charge < -0.3 is 15.3 Å². The number of carbonyl (C=O) groups excluding carboxylic acids is 2. The van der Waals surface area contributed by atoms with Crippen molar-refractivity contribution in [1.82, 2.24) is 10.2 Å². The number of Topliss-reactive ketones (excluding diaryl/α,β-unsaturated/α-hetero) is 2. The molecular formula is C22H16F4N2O3. The van der Waals surface area contributed by atoms with Crippen molar-refractivity contribution in [2.24, 2.45) is 0 Å². The molecule has 2 aromatic rings. The zero-order valence-corrected chi connectivity index (χ0v) is 15.9. The topological polar surface area (TPSA) is 69.6 Å². The van der Waals surface area contributed by atoms with Gasteiger partial charge in [0.15, 0.2) is 11.6 Å². The number of ketones is 2. The van der Waals surface area contributed by atoms with E-state index in [4.69, 9.17) is 0 Å². The van der Waals surface area contributed by atoms with Crippen LogP contribution in [-0.2, 0) is 0 Å². The standard InChI is InChI=1S/C22H16F4N2O3/c23-15-8-6-14(7-9-15)18(29)16-12-17(19(30)13-4-2-1-3-5-13)21(31,22(24,25)26)28-11-10-27-20(16)28/h1-9,12,27,31H,10-11H2. The number of benzene rings is 2. The SMILES string of the molecule is O=C(C1=CC(C(=O)c2ccc(F)cc2)=C2NCCN2C1(O)C(F)(F)F)c1ccccc1. The Morgan fingerprint density at radius 1 is 0.968 bits per heavy atom. The fraction of sp³-hybridized carbons (Fsp3) is 0.182. The molecule has 4 rings (SSSR count). The fourth-order valence-corrected chi connectivity index (χ4v) is 3.72. The molecule has 160 valence electrons. The molecule has 2 aromatic carbocycles. The van der Waals surface area contributed by atoms with Crippen LogP contribution in [0.5, 0.6) is 0 Å². The maximum absolute atomic E-state index is 14.1. The number of nitrogens with zero attached hydrogens (tertiary/aromatic N) is 1. The van der Waals surface area contributed by atoms with Gasteiger partial charge in [0.25, 0.3) is 5.72 Å². The second-order valence-corrected chi connectivity index (χ2v) is 7.10. The average Bonchev–Trinajstić information content (AvgIpc) is 3.24. The lowest BCUT2D eigenvalue weighted by Gasteiger charge is -2.43. The maximum atomic E-state index is 14.1. The Kier molecular flexibility index (Phi) is 4.93. The minimum absolute atomic E-state index is 0.0224. The van der Waals surface area contributed by atoms with E-state index in [1.54, 1.807) is 6.07 Å². The lowest BCUT2D eigenvalue weighted by atomic mass is 9.86. The van der Waals surface area contributed by atoms with E-state index in [1.165, 1.54) is 36.4 Å². The normalized spacial score (nSPS) is 20.8. The van der Waals surface area contributed by atoms with Gasteiger partial charge in [-0.1, -0.05) is 30.3 Å². The Hall–Kier alpha value is -3.46. The molecule has 2 heterocycles. The third kappa shape index (κ3) is 3.31. The summed E-state index contributed by atoms with van der Waals surface area (Å²) in [4.78, 5) is 26.7. The lowest BCUT2D eigenvalue weighted by Crippen LogP contribution is -2.62.